The Morgan fingerprint density at radius 3 is 2.38 bits per heavy atom. The first kappa shape index (κ1) is 13.2. The Kier molecular flexibility index (Phi) is 4.14. The highest BCUT2D eigenvalue weighted by molar-refractivity contribution is 6.31. The van der Waals surface area contributed by atoms with Gasteiger partial charge in [-0.25, -0.2) is 0 Å². The average Bonchev–Trinajstić information content (AvgIpc) is 2.38. The number of carbonyl (C=O) groups is 1. The van der Waals surface area contributed by atoms with Gasteiger partial charge in [-0.05, 0) is 19.8 Å². The Labute approximate surface area is 102 Å². The minimum Gasteiger partial charge on any atom is -0.300 e. The number of halogens is 1. The largest absolute Gasteiger partial charge is 0.300 e. The van der Waals surface area contributed by atoms with Gasteiger partial charge in [-0.1, -0.05) is 25.4 Å². The van der Waals surface area contributed by atoms with E-state index in [2.05, 4.69) is 18.9 Å². The number of hydrogen-bond donors (Lipinski definition) is 0. The normalized spacial score (nSPS) is 13.2. The van der Waals surface area contributed by atoms with Crippen molar-refractivity contribution < 1.29 is 4.79 Å². The molecule has 0 aromatic carbocycles. The lowest BCUT2D eigenvalue weighted by atomic mass is 9.88. The summed E-state index contributed by atoms with van der Waals surface area (Å²) in [5, 5.41) is 4.95. The fourth-order valence-electron chi connectivity index (χ4n) is 1.96. The third-order valence-corrected chi connectivity index (χ3v) is 3.49. The summed E-state index contributed by atoms with van der Waals surface area (Å²) >= 11 is 6.17. The van der Waals surface area contributed by atoms with Crippen molar-refractivity contribution in [3.63, 3.8) is 0 Å². The van der Waals surface area contributed by atoms with Crippen LogP contribution >= 0.6 is 11.6 Å². The van der Waals surface area contributed by atoms with Crippen LogP contribution in [-0.2, 0) is 18.3 Å². The minimum atomic E-state index is 0.0206. The number of carbonyl (C=O) groups excluding carboxylic acids is 1. The molecule has 1 rings (SSSR count). The van der Waals surface area contributed by atoms with Crippen LogP contribution in [0.3, 0.4) is 0 Å². The van der Waals surface area contributed by atoms with Crippen molar-refractivity contribution in [1.82, 2.24) is 9.78 Å². The SMILES string of the molecule is CC(=O)C(Cc1c(Cl)c(C)nn1C)C(C)C. The highest BCUT2D eigenvalue weighted by atomic mass is 35.5. The fourth-order valence-corrected chi connectivity index (χ4v) is 2.20. The summed E-state index contributed by atoms with van der Waals surface area (Å²) in [7, 11) is 1.87. The number of rotatable bonds is 4. The smallest absolute Gasteiger partial charge is 0.133 e. The zero-order valence-corrected chi connectivity index (χ0v) is 11.3. The van der Waals surface area contributed by atoms with E-state index in [1.165, 1.54) is 0 Å². The third kappa shape index (κ3) is 2.64. The first-order chi connectivity index (χ1) is 7.34. The Hall–Kier alpha value is -0.830. The van der Waals surface area contributed by atoms with Crippen LogP contribution < -0.4 is 0 Å². The second-order valence-corrected chi connectivity index (χ2v) is 5.01. The van der Waals surface area contributed by atoms with E-state index in [-0.39, 0.29) is 11.7 Å². The first-order valence-electron chi connectivity index (χ1n) is 5.53. The average molecular weight is 243 g/mol. The number of nitrogens with zero attached hydrogens (tertiary/aromatic N) is 2. The molecule has 1 heterocycles. The van der Waals surface area contributed by atoms with Crippen LogP contribution in [0.4, 0.5) is 0 Å². The van der Waals surface area contributed by atoms with Gasteiger partial charge in [0.05, 0.1) is 16.4 Å². The van der Waals surface area contributed by atoms with E-state index in [0.717, 1.165) is 11.4 Å². The first-order valence-corrected chi connectivity index (χ1v) is 5.90. The van der Waals surface area contributed by atoms with Gasteiger partial charge >= 0.3 is 0 Å². The quantitative estimate of drug-likeness (QED) is 0.814. The molecular weight excluding hydrogens is 224 g/mol. The van der Waals surface area contributed by atoms with E-state index in [1.807, 2.05) is 14.0 Å². The van der Waals surface area contributed by atoms with Gasteiger partial charge in [0.2, 0.25) is 0 Å². The number of Topliss-reactive ketones (excluding diaryl/α,β-unsaturated/α-hetero) is 1. The third-order valence-electron chi connectivity index (χ3n) is 3.00. The lowest BCUT2D eigenvalue weighted by Crippen LogP contribution is -2.21. The van der Waals surface area contributed by atoms with E-state index < -0.39 is 0 Å². The molecule has 1 aromatic rings. The van der Waals surface area contributed by atoms with Crippen LogP contribution in [0.5, 0.6) is 0 Å². The van der Waals surface area contributed by atoms with Crippen molar-refractivity contribution in [3.8, 4) is 0 Å². The number of hydrogen-bond acceptors (Lipinski definition) is 2. The standard InChI is InChI=1S/C12H19ClN2O/c1-7(2)10(9(4)16)6-11-12(13)8(3)14-15(11)5/h7,10H,6H2,1-5H3. The molecule has 4 heteroatoms. The van der Waals surface area contributed by atoms with Crippen LogP contribution in [0, 0.1) is 18.8 Å². The maximum absolute atomic E-state index is 11.5. The Balaban J connectivity index is 2.98. The molecule has 0 aliphatic carbocycles. The van der Waals surface area contributed by atoms with E-state index in [9.17, 15) is 4.79 Å². The number of ketones is 1. The predicted molar refractivity (Wildman–Crippen MR) is 65.7 cm³/mol. The van der Waals surface area contributed by atoms with Crippen LogP contribution in [0.15, 0.2) is 0 Å². The molecule has 0 aliphatic heterocycles. The summed E-state index contributed by atoms with van der Waals surface area (Å²) in [6.45, 7) is 7.64. The fraction of sp³-hybridized carbons (Fsp3) is 0.667. The Bertz CT molecular complexity index is 396. The summed E-state index contributed by atoms with van der Waals surface area (Å²) < 4.78 is 1.77. The van der Waals surface area contributed by atoms with Gasteiger partial charge < -0.3 is 0 Å². The van der Waals surface area contributed by atoms with Crippen molar-refractivity contribution in [2.24, 2.45) is 18.9 Å². The van der Waals surface area contributed by atoms with E-state index in [4.69, 9.17) is 11.6 Å². The molecule has 0 amide bonds. The van der Waals surface area contributed by atoms with E-state index in [1.54, 1.807) is 11.6 Å². The van der Waals surface area contributed by atoms with Gasteiger partial charge in [-0.3, -0.25) is 9.48 Å². The van der Waals surface area contributed by atoms with Gasteiger partial charge in [0, 0.05) is 19.4 Å². The minimum absolute atomic E-state index is 0.0206. The summed E-state index contributed by atoms with van der Waals surface area (Å²) in [6, 6.07) is 0. The van der Waals surface area contributed by atoms with Gasteiger partial charge in [0.15, 0.2) is 0 Å². The topological polar surface area (TPSA) is 34.9 Å². The molecule has 90 valence electrons. The molecule has 0 aliphatic rings. The van der Waals surface area contributed by atoms with Crippen LogP contribution in [-0.4, -0.2) is 15.6 Å². The summed E-state index contributed by atoms with van der Waals surface area (Å²) in [5.74, 6) is 0.556. The zero-order valence-electron chi connectivity index (χ0n) is 10.5. The second kappa shape index (κ2) is 5.00. The van der Waals surface area contributed by atoms with Gasteiger partial charge in [0.1, 0.15) is 5.78 Å². The molecule has 3 nitrogen and oxygen atoms in total. The van der Waals surface area contributed by atoms with Crippen molar-refractivity contribution in [2.45, 2.75) is 34.1 Å². The zero-order chi connectivity index (χ0) is 12.5. The van der Waals surface area contributed by atoms with Crippen LogP contribution in [0.1, 0.15) is 32.2 Å². The molecule has 0 radical (unpaired) electrons. The van der Waals surface area contributed by atoms with Gasteiger partial charge in [0.25, 0.3) is 0 Å². The number of aryl methyl sites for hydroxylation is 2. The second-order valence-electron chi connectivity index (χ2n) is 4.63. The maximum atomic E-state index is 11.5. The summed E-state index contributed by atoms with van der Waals surface area (Å²) in [6.07, 6.45) is 0.670. The molecule has 1 atom stereocenters. The lowest BCUT2D eigenvalue weighted by Gasteiger charge is -2.17. The summed E-state index contributed by atoms with van der Waals surface area (Å²) in [5.41, 5.74) is 1.78. The molecule has 0 fully saturated rings. The predicted octanol–water partition coefficient (Wildman–Crippen LogP) is 2.79. The van der Waals surface area contributed by atoms with E-state index in [0.29, 0.717) is 17.4 Å². The molecule has 16 heavy (non-hydrogen) atoms. The lowest BCUT2D eigenvalue weighted by molar-refractivity contribution is -0.121. The van der Waals surface area contributed by atoms with Gasteiger partial charge in [-0.2, -0.15) is 5.10 Å². The molecule has 0 saturated carbocycles. The molecule has 0 spiro atoms. The Morgan fingerprint density at radius 2 is 2.06 bits per heavy atom. The van der Waals surface area contributed by atoms with Crippen LogP contribution in [0.2, 0.25) is 5.02 Å². The van der Waals surface area contributed by atoms with Crippen molar-refractivity contribution in [3.05, 3.63) is 16.4 Å². The molecule has 0 N–H and O–H groups in total. The molecule has 0 saturated heterocycles. The van der Waals surface area contributed by atoms with Crippen molar-refractivity contribution in [2.75, 3.05) is 0 Å². The maximum Gasteiger partial charge on any atom is 0.133 e. The molecule has 1 unspecified atom stereocenters. The molecule has 1 aromatic heterocycles. The Morgan fingerprint density at radius 1 is 1.50 bits per heavy atom. The molecular formula is C12H19ClN2O. The van der Waals surface area contributed by atoms with Crippen molar-refractivity contribution >= 4 is 17.4 Å². The summed E-state index contributed by atoms with van der Waals surface area (Å²) in [4.78, 5) is 11.5. The highest BCUT2D eigenvalue weighted by Gasteiger charge is 2.22. The number of aromatic nitrogens is 2. The highest BCUT2D eigenvalue weighted by Crippen LogP contribution is 2.25. The van der Waals surface area contributed by atoms with Crippen molar-refractivity contribution in [1.29, 1.82) is 0 Å². The monoisotopic (exact) mass is 242 g/mol. The van der Waals surface area contributed by atoms with Crippen LogP contribution in [0.25, 0.3) is 0 Å². The van der Waals surface area contributed by atoms with Gasteiger partial charge in [-0.15, -0.1) is 0 Å². The van der Waals surface area contributed by atoms with E-state index >= 15 is 0 Å². The molecule has 0 bridgehead atoms.